The average Bonchev–Trinajstić information content (AvgIpc) is 2.98. The molecule has 3 heterocycles. The highest BCUT2D eigenvalue weighted by atomic mass is 79.9. The number of nitrogens with zero attached hydrogens (tertiary/aromatic N) is 5. The summed E-state index contributed by atoms with van der Waals surface area (Å²) in [6.45, 7) is 6.56. The van der Waals surface area contributed by atoms with E-state index < -0.39 is 0 Å². The van der Waals surface area contributed by atoms with Crippen molar-refractivity contribution < 1.29 is 0 Å². The van der Waals surface area contributed by atoms with Gasteiger partial charge >= 0.3 is 0 Å². The number of imidazole rings is 1. The fourth-order valence-corrected chi connectivity index (χ4v) is 2.84. The molecular formula is C12H14BrN5. The third-order valence-electron chi connectivity index (χ3n) is 3.18. The predicted octanol–water partition coefficient (Wildman–Crippen LogP) is 2.38. The third kappa shape index (κ3) is 1.80. The van der Waals surface area contributed by atoms with Crippen molar-refractivity contribution in [3.8, 4) is 0 Å². The van der Waals surface area contributed by atoms with Crippen LogP contribution < -0.4 is 4.90 Å². The summed E-state index contributed by atoms with van der Waals surface area (Å²) in [4.78, 5) is 15.6. The van der Waals surface area contributed by atoms with Gasteiger partial charge in [0.15, 0.2) is 21.7 Å². The smallest absolute Gasteiger partial charge is 0.179 e. The van der Waals surface area contributed by atoms with Crippen LogP contribution in [-0.2, 0) is 6.54 Å². The van der Waals surface area contributed by atoms with Crippen molar-refractivity contribution in [1.82, 2.24) is 19.5 Å². The topological polar surface area (TPSA) is 46.8 Å². The summed E-state index contributed by atoms with van der Waals surface area (Å²) in [6, 6.07) is 0. The summed E-state index contributed by atoms with van der Waals surface area (Å²) in [7, 11) is 0. The van der Waals surface area contributed by atoms with Crippen LogP contribution in [0.3, 0.4) is 0 Å². The summed E-state index contributed by atoms with van der Waals surface area (Å²) in [5.74, 6) is 0.945. The van der Waals surface area contributed by atoms with E-state index in [4.69, 9.17) is 0 Å². The van der Waals surface area contributed by atoms with Crippen LogP contribution in [0, 0.1) is 0 Å². The fourth-order valence-electron chi connectivity index (χ4n) is 2.35. The molecule has 0 amide bonds. The molecule has 1 saturated heterocycles. The SMILES string of the molecule is C=CCn1c(Br)nc2c(N3CCCC3)ncnc21. The number of allylic oxidation sites excluding steroid dienone is 1. The van der Waals surface area contributed by atoms with Gasteiger partial charge in [-0.2, -0.15) is 0 Å². The zero-order chi connectivity index (χ0) is 12.5. The minimum Gasteiger partial charge on any atom is -0.355 e. The van der Waals surface area contributed by atoms with Crippen LogP contribution in [0.4, 0.5) is 5.82 Å². The molecule has 2 aromatic heterocycles. The molecule has 6 heteroatoms. The Morgan fingerprint density at radius 2 is 2.11 bits per heavy atom. The minimum absolute atomic E-state index is 0.688. The maximum atomic E-state index is 4.54. The first-order chi connectivity index (χ1) is 8.81. The van der Waals surface area contributed by atoms with Crippen LogP contribution in [0.15, 0.2) is 23.7 Å². The molecule has 5 nitrogen and oxygen atoms in total. The van der Waals surface area contributed by atoms with Gasteiger partial charge in [0.25, 0.3) is 0 Å². The minimum atomic E-state index is 0.688. The molecule has 0 aromatic carbocycles. The normalized spacial score (nSPS) is 15.5. The lowest BCUT2D eigenvalue weighted by Gasteiger charge is -2.15. The lowest BCUT2D eigenvalue weighted by molar-refractivity contribution is 0.812. The Labute approximate surface area is 114 Å². The van der Waals surface area contributed by atoms with Crippen LogP contribution in [0.1, 0.15) is 12.8 Å². The van der Waals surface area contributed by atoms with Crippen molar-refractivity contribution in [2.45, 2.75) is 19.4 Å². The molecule has 18 heavy (non-hydrogen) atoms. The monoisotopic (exact) mass is 307 g/mol. The van der Waals surface area contributed by atoms with Crippen molar-refractivity contribution in [3.63, 3.8) is 0 Å². The Morgan fingerprint density at radius 1 is 1.33 bits per heavy atom. The van der Waals surface area contributed by atoms with Crippen molar-refractivity contribution in [2.24, 2.45) is 0 Å². The molecule has 2 aromatic rings. The van der Waals surface area contributed by atoms with E-state index in [1.165, 1.54) is 12.8 Å². The number of hydrogen-bond acceptors (Lipinski definition) is 4. The predicted molar refractivity (Wildman–Crippen MR) is 74.7 cm³/mol. The van der Waals surface area contributed by atoms with E-state index in [0.29, 0.717) is 6.54 Å². The highest BCUT2D eigenvalue weighted by molar-refractivity contribution is 9.10. The van der Waals surface area contributed by atoms with E-state index in [-0.39, 0.29) is 0 Å². The number of rotatable bonds is 3. The summed E-state index contributed by atoms with van der Waals surface area (Å²) in [5, 5.41) is 0. The van der Waals surface area contributed by atoms with Crippen LogP contribution >= 0.6 is 15.9 Å². The van der Waals surface area contributed by atoms with Crippen LogP contribution in [-0.4, -0.2) is 32.6 Å². The van der Waals surface area contributed by atoms with Crippen LogP contribution in [0.5, 0.6) is 0 Å². The van der Waals surface area contributed by atoms with E-state index >= 15 is 0 Å². The van der Waals surface area contributed by atoms with E-state index in [2.05, 4.69) is 42.4 Å². The van der Waals surface area contributed by atoms with Crippen molar-refractivity contribution in [3.05, 3.63) is 23.7 Å². The van der Waals surface area contributed by atoms with Crippen LogP contribution in [0.2, 0.25) is 0 Å². The maximum Gasteiger partial charge on any atom is 0.179 e. The molecule has 0 radical (unpaired) electrons. The Hall–Kier alpha value is -1.43. The van der Waals surface area contributed by atoms with Gasteiger partial charge in [-0.05, 0) is 28.8 Å². The Morgan fingerprint density at radius 3 is 2.83 bits per heavy atom. The first-order valence-corrected chi connectivity index (χ1v) is 6.83. The molecule has 1 aliphatic rings. The summed E-state index contributed by atoms with van der Waals surface area (Å²) in [6.07, 6.45) is 5.90. The van der Waals surface area contributed by atoms with E-state index in [1.54, 1.807) is 6.33 Å². The van der Waals surface area contributed by atoms with Crippen molar-refractivity contribution in [1.29, 1.82) is 0 Å². The summed E-state index contributed by atoms with van der Waals surface area (Å²) in [5.41, 5.74) is 1.73. The molecular weight excluding hydrogens is 294 g/mol. The highest BCUT2D eigenvalue weighted by Gasteiger charge is 2.20. The first kappa shape index (κ1) is 11.6. The van der Waals surface area contributed by atoms with Gasteiger partial charge in [-0.1, -0.05) is 6.08 Å². The second-order valence-electron chi connectivity index (χ2n) is 4.34. The molecule has 0 unspecified atom stereocenters. The molecule has 0 N–H and O–H groups in total. The molecule has 3 rings (SSSR count). The summed E-state index contributed by atoms with van der Waals surface area (Å²) < 4.78 is 2.77. The van der Waals surface area contributed by atoms with Gasteiger partial charge < -0.3 is 4.90 Å². The third-order valence-corrected chi connectivity index (χ3v) is 3.79. The number of anilines is 1. The van der Waals surface area contributed by atoms with E-state index in [1.807, 2.05) is 10.6 Å². The lowest BCUT2D eigenvalue weighted by atomic mass is 10.4. The zero-order valence-corrected chi connectivity index (χ0v) is 11.6. The molecule has 0 aliphatic carbocycles. The largest absolute Gasteiger partial charge is 0.355 e. The molecule has 0 atom stereocenters. The maximum absolute atomic E-state index is 4.54. The Kier molecular flexibility index (Phi) is 3.03. The van der Waals surface area contributed by atoms with Gasteiger partial charge in [0.2, 0.25) is 0 Å². The van der Waals surface area contributed by atoms with Gasteiger partial charge in [0.05, 0.1) is 0 Å². The Bertz CT molecular complexity index is 585. The number of halogens is 1. The number of hydrogen-bond donors (Lipinski definition) is 0. The van der Waals surface area contributed by atoms with Crippen molar-refractivity contribution >= 4 is 32.9 Å². The van der Waals surface area contributed by atoms with Gasteiger partial charge in [-0.15, -0.1) is 6.58 Å². The molecule has 0 saturated carbocycles. The van der Waals surface area contributed by atoms with Gasteiger partial charge in [0, 0.05) is 19.6 Å². The standard InChI is InChI=1S/C12H14BrN5/c1-2-5-18-11-9(16-12(18)13)10(14-8-15-11)17-6-3-4-7-17/h2,8H,1,3-7H2. The highest BCUT2D eigenvalue weighted by Crippen LogP contribution is 2.27. The number of aromatic nitrogens is 4. The Balaban J connectivity index is 2.16. The fraction of sp³-hybridized carbons (Fsp3) is 0.417. The van der Waals surface area contributed by atoms with Crippen LogP contribution in [0.25, 0.3) is 11.2 Å². The van der Waals surface area contributed by atoms with E-state index in [9.17, 15) is 0 Å². The zero-order valence-electron chi connectivity index (χ0n) is 10.0. The van der Waals surface area contributed by atoms with E-state index in [0.717, 1.165) is 34.8 Å². The van der Waals surface area contributed by atoms with Gasteiger partial charge in [-0.3, -0.25) is 4.57 Å². The average molecular weight is 308 g/mol. The van der Waals surface area contributed by atoms with Gasteiger partial charge in [-0.25, -0.2) is 15.0 Å². The number of fused-ring (bicyclic) bond motifs is 1. The molecule has 1 fully saturated rings. The second kappa shape index (κ2) is 4.68. The second-order valence-corrected chi connectivity index (χ2v) is 5.05. The molecule has 0 spiro atoms. The molecule has 0 bridgehead atoms. The quantitative estimate of drug-likeness (QED) is 0.645. The molecule has 94 valence electrons. The van der Waals surface area contributed by atoms with Gasteiger partial charge in [0.1, 0.15) is 6.33 Å². The first-order valence-electron chi connectivity index (χ1n) is 6.04. The molecule has 1 aliphatic heterocycles. The summed E-state index contributed by atoms with van der Waals surface area (Å²) >= 11 is 3.47. The van der Waals surface area contributed by atoms with Crippen molar-refractivity contribution in [2.75, 3.05) is 18.0 Å². The lowest BCUT2D eigenvalue weighted by Crippen LogP contribution is -2.19.